The summed E-state index contributed by atoms with van der Waals surface area (Å²) in [5, 5.41) is 4.57. The van der Waals surface area contributed by atoms with Gasteiger partial charge in [0.1, 0.15) is 5.71 Å². The molecule has 0 spiro atoms. The number of para-hydroxylation sites is 1. The Morgan fingerprint density at radius 1 is 1.11 bits per heavy atom. The van der Waals surface area contributed by atoms with Crippen LogP contribution >= 0.6 is 11.3 Å². The first-order valence-electron chi connectivity index (χ1n) is 9.18. The number of aromatic nitrogens is 1. The molecule has 142 valence electrons. The van der Waals surface area contributed by atoms with Crippen molar-refractivity contribution in [2.75, 3.05) is 4.90 Å². The first-order valence-corrected chi connectivity index (χ1v) is 10.00. The lowest BCUT2D eigenvalue weighted by atomic mass is 10.0. The van der Waals surface area contributed by atoms with Crippen LogP contribution in [0.1, 0.15) is 38.2 Å². The molecule has 3 aromatic rings. The van der Waals surface area contributed by atoms with Crippen molar-refractivity contribution in [3.63, 3.8) is 0 Å². The quantitative estimate of drug-likeness (QED) is 0.717. The summed E-state index contributed by atoms with van der Waals surface area (Å²) < 4.78 is 1.01. The highest BCUT2D eigenvalue weighted by Crippen LogP contribution is 2.34. The van der Waals surface area contributed by atoms with E-state index in [0.717, 1.165) is 15.9 Å². The summed E-state index contributed by atoms with van der Waals surface area (Å²) in [6.07, 6.45) is 0.570. The number of nitrogens with one attached hydrogen (secondary N) is 1. The smallest absolute Gasteiger partial charge is 0.273 e. The van der Waals surface area contributed by atoms with E-state index in [2.05, 4.69) is 29.4 Å². The van der Waals surface area contributed by atoms with Crippen molar-refractivity contribution in [3.8, 4) is 0 Å². The monoisotopic (exact) mass is 392 g/mol. The number of fused-ring (bicyclic) bond motifs is 1. The van der Waals surface area contributed by atoms with Crippen LogP contribution in [-0.4, -0.2) is 22.5 Å². The molecule has 0 saturated heterocycles. The molecule has 7 heteroatoms. The van der Waals surface area contributed by atoms with Gasteiger partial charge in [-0.3, -0.25) is 14.5 Å². The van der Waals surface area contributed by atoms with Crippen LogP contribution in [0.4, 0.5) is 10.8 Å². The Morgan fingerprint density at radius 3 is 2.50 bits per heavy atom. The zero-order chi connectivity index (χ0) is 19.7. The molecule has 0 fully saturated rings. The minimum absolute atomic E-state index is 0.177. The van der Waals surface area contributed by atoms with E-state index in [1.807, 2.05) is 48.5 Å². The van der Waals surface area contributed by atoms with Crippen molar-refractivity contribution in [2.24, 2.45) is 5.10 Å². The summed E-state index contributed by atoms with van der Waals surface area (Å²) in [7, 11) is 0. The molecule has 0 aliphatic carbocycles. The molecular formula is C21H20N4O2S. The lowest BCUT2D eigenvalue weighted by Gasteiger charge is -2.22. The molecule has 0 radical (unpaired) electrons. The fourth-order valence-electron chi connectivity index (χ4n) is 3.04. The van der Waals surface area contributed by atoms with Gasteiger partial charge in [0, 0.05) is 12.8 Å². The summed E-state index contributed by atoms with van der Waals surface area (Å²) in [6, 6.07) is 15.7. The molecule has 0 bridgehead atoms. The van der Waals surface area contributed by atoms with Crippen molar-refractivity contribution >= 4 is 49.9 Å². The normalized spacial score (nSPS) is 14.1. The molecule has 1 aromatic heterocycles. The zero-order valence-corrected chi connectivity index (χ0v) is 16.5. The topological polar surface area (TPSA) is 74.7 Å². The average Bonchev–Trinajstić information content (AvgIpc) is 3.12. The van der Waals surface area contributed by atoms with Crippen LogP contribution in [0.3, 0.4) is 0 Å². The number of rotatable bonds is 4. The molecule has 1 N–H and O–H groups in total. The van der Waals surface area contributed by atoms with Crippen LogP contribution in [0, 0.1) is 0 Å². The summed E-state index contributed by atoms with van der Waals surface area (Å²) in [6.45, 7) is 4.26. The van der Waals surface area contributed by atoms with Gasteiger partial charge < -0.3 is 0 Å². The molecule has 28 heavy (non-hydrogen) atoms. The number of hydrazone groups is 1. The van der Waals surface area contributed by atoms with Gasteiger partial charge in [0.2, 0.25) is 5.91 Å². The van der Waals surface area contributed by atoms with Gasteiger partial charge in [-0.1, -0.05) is 49.4 Å². The van der Waals surface area contributed by atoms with Crippen molar-refractivity contribution in [2.45, 2.75) is 32.6 Å². The van der Waals surface area contributed by atoms with Crippen LogP contribution in [-0.2, 0) is 9.59 Å². The molecular weight excluding hydrogens is 372 g/mol. The van der Waals surface area contributed by atoms with Crippen molar-refractivity contribution in [3.05, 3.63) is 54.1 Å². The fourth-order valence-corrected chi connectivity index (χ4v) is 4.02. The van der Waals surface area contributed by atoms with Crippen molar-refractivity contribution < 1.29 is 9.59 Å². The largest absolute Gasteiger partial charge is 0.280 e. The zero-order valence-electron chi connectivity index (χ0n) is 15.7. The minimum Gasteiger partial charge on any atom is -0.273 e. The maximum atomic E-state index is 13.3. The van der Waals surface area contributed by atoms with Gasteiger partial charge in [0.25, 0.3) is 5.91 Å². The average molecular weight is 392 g/mol. The van der Waals surface area contributed by atoms with Gasteiger partial charge in [-0.05, 0) is 35.7 Å². The Balaban J connectivity index is 1.78. The summed E-state index contributed by atoms with van der Waals surface area (Å²) in [5.41, 5.74) is 5.50. The van der Waals surface area contributed by atoms with Crippen LogP contribution in [0.2, 0.25) is 0 Å². The fraction of sp³-hybridized carbons (Fsp3) is 0.238. The van der Waals surface area contributed by atoms with E-state index >= 15 is 0 Å². The second-order valence-corrected chi connectivity index (χ2v) is 7.95. The highest BCUT2D eigenvalue weighted by Gasteiger charge is 2.28. The van der Waals surface area contributed by atoms with Gasteiger partial charge in [0.15, 0.2) is 5.13 Å². The second kappa shape index (κ2) is 7.52. The lowest BCUT2D eigenvalue weighted by Crippen LogP contribution is -2.37. The molecule has 2 aromatic carbocycles. The van der Waals surface area contributed by atoms with Gasteiger partial charge >= 0.3 is 0 Å². The number of benzene rings is 2. The number of anilines is 2. The second-order valence-electron chi connectivity index (χ2n) is 6.94. The number of thiazole rings is 1. The SMILES string of the molecule is CC(C)c1ccc(N(C(=O)C2=NNC(=O)CC2)c2nc3ccccc3s2)cc1. The number of nitrogens with zero attached hydrogens (tertiary/aromatic N) is 3. The molecule has 6 nitrogen and oxygen atoms in total. The van der Waals surface area contributed by atoms with E-state index in [0.29, 0.717) is 23.2 Å². The van der Waals surface area contributed by atoms with Crippen LogP contribution in [0.25, 0.3) is 10.2 Å². The maximum absolute atomic E-state index is 13.3. The Hall–Kier alpha value is -3.06. The predicted octanol–water partition coefficient (Wildman–Crippen LogP) is 4.35. The molecule has 0 saturated carbocycles. The molecule has 0 atom stereocenters. The maximum Gasteiger partial charge on any atom is 0.280 e. The van der Waals surface area contributed by atoms with Crippen molar-refractivity contribution in [1.82, 2.24) is 10.4 Å². The molecule has 4 rings (SSSR count). The van der Waals surface area contributed by atoms with E-state index in [4.69, 9.17) is 0 Å². The number of hydrogen-bond donors (Lipinski definition) is 1. The third kappa shape index (κ3) is 3.53. The number of carbonyl (C=O) groups is 2. The third-order valence-corrected chi connectivity index (χ3v) is 5.67. The standard InChI is InChI=1S/C21H20N4O2S/c1-13(2)14-7-9-15(10-8-14)25(20(27)17-11-12-19(26)24-23-17)21-22-16-5-3-4-6-18(16)28-21/h3-10,13H,11-12H2,1-2H3,(H,24,26). The van der Waals surface area contributed by atoms with Crippen LogP contribution in [0.5, 0.6) is 0 Å². The number of carbonyl (C=O) groups excluding carboxylic acids is 2. The molecule has 0 unspecified atom stereocenters. The minimum atomic E-state index is -0.267. The van der Waals surface area contributed by atoms with Gasteiger partial charge in [-0.2, -0.15) is 5.10 Å². The first kappa shape index (κ1) is 18.3. The third-order valence-electron chi connectivity index (χ3n) is 4.65. The van der Waals surface area contributed by atoms with E-state index in [1.54, 1.807) is 4.90 Å². The van der Waals surface area contributed by atoms with Gasteiger partial charge in [-0.25, -0.2) is 10.4 Å². The molecule has 1 aliphatic heterocycles. The van der Waals surface area contributed by atoms with E-state index in [-0.39, 0.29) is 18.2 Å². The first-order chi connectivity index (χ1) is 13.5. The molecule has 2 amide bonds. The van der Waals surface area contributed by atoms with E-state index in [1.165, 1.54) is 16.9 Å². The van der Waals surface area contributed by atoms with Gasteiger partial charge in [-0.15, -0.1) is 0 Å². The van der Waals surface area contributed by atoms with Crippen molar-refractivity contribution in [1.29, 1.82) is 0 Å². The van der Waals surface area contributed by atoms with E-state index in [9.17, 15) is 9.59 Å². The van der Waals surface area contributed by atoms with Crippen LogP contribution in [0.15, 0.2) is 53.6 Å². The number of amides is 2. The Bertz CT molecular complexity index is 1040. The Kier molecular flexibility index (Phi) is 4.92. The van der Waals surface area contributed by atoms with Crippen LogP contribution < -0.4 is 10.3 Å². The summed E-state index contributed by atoms with van der Waals surface area (Å²) in [5.74, 6) is -0.0423. The molecule has 2 heterocycles. The highest BCUT2D eigenvalue weighted by molar-refractivity contribution is 7.22. The summed E-state index contributed by atoms with van der Waals surface area (Å²) >= 11 is 1.46. The lowest BCUT2D eigenvalue weighted by molar-refractivity contribution is -0.121. The Labute approximate surface area is 166 Å². The van der Waals surface area contributed by atoms with Gasteiger partial charge in [0.05, 0.1) is 15.9 Å². The summed E-state index contributed by atoms with van der Waals surface area (Å²) in [4.78, 5) is 31.0. The van der Waals surface area contributed by atoms with E-state index < -0.39 is 0 Å². The highest BCUT2D eigenvalue weighted by atomic mass is 32.1. The molecule has 1 aliphatic rings. The predicted molar refractivity (Wildman–Crippen MR) is 112 cm³/mol. The number of hydrogen-bond acceptors (Lipinski definition) is 5. The Morgan fingerprint density at radius 2 is 1.86 bits per heavy atom.